The first-order valence-electron chi connectivity index (χ1n) is 18.3. The fraction of sp³-hybridized carbons (Fsp3) is 0.0263. The zero-order chi connectivity index (χ0) is 36.1. The Balaban J connectivity index is 1.52. The number of rotatable bonds is 4. The Morgan fingerprint density at radius 3 is 1.43 bits per heavy atom. The van der Waals surface area contributed by atoms with Gasteiger partial charge in [0, 0.05) is 5.69 Å². The summed E-state index contributed by atoms with van der Waals surface area (Å²) in [6, 6.07) is 33.6. The average Bonchev–Trinajstić information content (AvgIpc) is 3.54. The normalized spacial score (nSPS) is 12.0. The Kier molecular flexibility index (Phi) is 7.94. The molecule has 1 aromatic heterocycles. The molecule has 0 N–H and O–H groups in total. The van der Waals surface area contributed by atoms with Gasteiger partial charge in [0.25, 0.3) is 0 Å². The molecule has 0 radical (unpaired) electrons. The molecule has 0 saturated heterocycles. The second-order valence-electron chi connectivity index (χ2n) is 15.9. The van der Waals surface area contributed by atoms with Crippen LogP contribution in [0.5, 0.6) is 0 Å². The van der Waals surface area contributed by atoms with Gasteiger partial charge in [0.05, 0.1) is 40.4 Å². The highest BCUT2D eigenvalue weighted by Crippen LogP contribution is 2.41. The number of fused-ring (bicyclic) bond motifs is 4. The largest absolute Gasteiger partial charge is 0.298 e. The molecule has 0 aliphatic heterocycles. The van der Waals surface area contributed by atoms with Crippen LogP contribution in [-0.2, 0) is 5.11 Å². The molecule has 0 amide bonds. The van der Waals surface area contributed by atoms with Gasteiger partial charge < -0.3 is 0 Å². The van der Waals surface area contributed by atoms with Crippen LogP contribution in [0.15, 0.2) is 91.0 Å². The van der Waals surface area contributed by atoms with Gasteiger partial charge in [-0.05, 0) is 84.9 Å². The van der Waals surface area contributed by atoms with E-state index in [2.05, 4.69) is 182 Å². The van der Waals surface area contributed by atoms with Gasteiger partial charge in [0.1, 0.15) is 62.8 Å². The van der Waals surface area contributed by atoms with E-state index in [4.69, 9.17) is 4.98 Å². The molecule has 13 heteroatoms. The number of hydrogen-bond donors (Lipinski definition) is 0. The molecular weight excluding hydrogens is 603 g/mol. The van der Waals surface area contributed by atoms with Crippen LogP contribution in [0.3, 0.4) is 0 Å². The zero-order valence-electron chi connectivity index (χ0n) is 32.1. The lowest BCUT2D eigenvalue weighted by molar-refractivity contribution is 0.929. The predicted molar refractivity (Wildman–Crippen MR) is 257 cm³/mol. The highest BCUT2D eigenvalue weighted by Gasteiger charge is 2.26. The summed E-state index contributed by atoms with van der Waals surface area (Å²) in [4.78, 5) is 5.12. The van der Waals surface area contributed by atoms with Crippen molar-refractivity contribution in [2.24, 2.45) is 0 Å². The summed E-state index contributed by atoms with van der Waals surface area (Å²) in [7, 11) is 25.3. The van der Waals surface area contributed by atoms with Gasteiger partial charge in [-0.15, -0.1) is 21.9 Å². The van der Waals surface area contributed by atoms with Gasteiger partial charge in [-0.1, -0.05) is 87.6 Å². The van der Waals surface area contributed by atoms with Gasteiger partial charge in [-0.2, -0.15) is 0 Å². The smallest absolute Gasteiger partial charge is 0.139 e. The van der Waals surface area contributed by atoms with E-state index in [-0.39, 0.29) is 5.11 Å². The molecule has 51 heavy (non-hydrogen) atoms. The third kappa shape index (κ3) is 5.06. The molecule has 8 rings (SSSR count). The summed E-state index contributed by atoms with van der Waals surface area (Å²) >= 11 is 0. The van der Waals surface area contributed by atoms with Crippen molar-refractivity contribution in [3.63, 3.8) is 0 Å². The van der Waals surface area contributed by atoms with Crippen LogP contribution in [0, 0.1) is 0 Å². The van der Waals surface area contributed by atoms with Crippen molar-refractivity contribution in [1.29, 1.82) is 0 Å². The van der Waals surface area contributed by atoms with Crippen LogP contribution >= 0.6 is 0 Å². The maximum Gasteiger partial charge on any atom is 0.139 e. The van der Waals surface area contributed by atoms with Gasteiger partial charge in [0.2, 0.25) is 0 Å². The van der Waals surface area contributed by atoms with Crippen LogP contribution in [0.2, 0.25) is 0 Å². The highest BCUT2D eigenvalue weighted by molar-refractivity contribution is 6.71. The minimum absolute atomic E-state index is 0.114. The van der Waals surface area contributed by atoms with Crippen LogP contribution in [-0.4, -0.2) is 95.9 Å². The molecule has 232 valence electrons. The number of imidazole rings is 1. The summed E-state index contributed by atoms with van der Waals surface area (Å²) in [6.07, 6.45) is 0. The molecular formula is C38H37B11N2. The first kappa shape index (κ1) is 33.6. The van der Waals surface area contributed by atoms with Crippen molar-refractivity contribution in [1.82, 2.24) is 9.55 Å². The monoisotopic (exact) mass is 642 g/mol. The van der Waals surface area contributed by atoms with Crippen molar-refractivity contribution in [2.45, 2.75) is 5.11 Å². The van der Waals surface area contributed by atoms with Crippen molar-refractivity contribution in [2.75, 3.05) is 0 Å². The van der Waals surface area contributed by atoms with Gasteiger partial charge in [-0.3, -0.25) is 4.57 Å². The Morgan fingerprint density at radius 1 is 0.451 bits per heavy atom. The van der Waals surface area contributed by atoms with Crippen molar-refractivity contribution >= 4 is 173 Å². The lowest BCUT2D eigenvalue weighted by Crippen LogP contribution is -2.50. The maximum atomic E-state index is 5.12. The fourth-order valence-electron chi connectivity index (χ4n) is 8.61. The summed E-state index contributed by atoms with van der Waals surface area (Å²) in [6.45, 7) is 0. The van der Waals surface area contributed by atoms with E-state index in [0.29, 0.717) is 0 Å². The van der Waals surface area contributed by atoms with E-state index >= 15 is 0 Å². The maximum absolute atomic E-state index is 5.12. The average molecular weight is 641 g/mol. The molecule has 0 fully saturated rings. The van der Waals surface area contributed by atoms with Crippen LogP contribution in [0.4, 0.5) is 0 Å². The highest BCUT2D eigenvalue weighted by atomic mass is 15.1. The Hall–Kier alpha value is -4.50. The van der Waals surface area contributed by atoms with Gasteiger partial charge >= 0.3 is 0 Å². The Bertz CT molecular complexity index is 2690. The molecule has 0 saturated carbocycles. The molecule has 0 bridgehead atoms. The standard InChI is InChI=1S/C38H37B11N2/c39-29-25-23(17-11-13-20(14-12-17)51-22-8-4-3-7-21(22)50-37(51)38(47,48)49)26-28(32(42)36(46)34(44)30(26)40)24(27(25)31(41)35(45)33(29)43)19-10-9-16-5-1-2-6-18(16)15-19/h1-15H,39-49H2. The van der Waals surface area contributed by atoms with Crippen LogP contribution in [0.25, 0.3) is 71.3 Å². The third-order valence-electron chi connectivity index (χ3n) is 12.1. The fourth-order valence-corrected chi connectivity index (χ4v) is 8.61. The first-order chi connectivity index (χ1) is 24.3. The molecule has 7 aromatic carbocycles. The minimum Gasteiger partial charge on any atom is -0.298 e. The summed E-state index contributed by atoms with van der Waals surface area (Å²) in [5, 5.41) is 7.91. The van der Waals surface area contributed by atoms with Gasteiger partial charge in [0.15, 0.2) is 0 Å². The second-order valence-corrected chi connectivity index (χ2v) is 15.9. The quantitative estimate of drug-likeness (QED) is 0.138. The lowest BCUT2D eigenvalue weighted by Gasteiger charge is -2.28. The third-order valence-corrected chi connectivity index (χ3v) is 12.1. The number of para-hydroxylation sites is 2. The number of nitrogens with zero attached hydrogens (tertiary/aromatic N) is 2. The predicted octanol–water partition coefficient (Wildman–Crippen LogP) is -7.10. The summed E-state index contributed by atoms with van der Waals surface area (Å²) < 4.78 is 2.35. The Morgan fingerprint density at radius 2 is 0.902 bits per heavy atom. The molecule has 8 aromatic rings. The van der Waals surface area contributed by atoms with E-state index in [0.717, 1.165) is 22.5 Å². The summed E-state index contributed by atoms with van der Waals surface area (Å²) in [5.74, 6) is 1.07. The number of hydrogen-bond acceptors (Lipinski definition) is 1. The number of aromatic nitrogens is 2. The molecule has 1 heterocycles. The van der Waals surface area contributed by atoms with E-state index in [1.165, 1.54) is 98.3 Å². The molecule has 0 atom stereocenters. The minimum atomic E-state index is -0.114. The van der Waals surface area contributed by atoms with Crippen LogP contribution in [0.1, 0.15) is 5.82 Å². The Labute approximate surface area is 311 Å². The first-order valence-corrected chi connectivity index (χ1v) is 18.3. The summed E-state index contributed by atoms with van der Waals surface area (Å²) in [5.41, 5.74) is 19.5. The van der Waals surface area contributed by atoms with E-state index in [1.807, 2.05) is 0 Å². The van der Waals surface area contributed by atoms with E-state index < -0.39 is 0 Å². The van der Waals surface area contributed by atoms with Gasteiger partial charge in [-0.25, -0.2) is 4.98 Å². The topological polar surface area (TPSA) is 17.8 Å². The number of benzene rings is 7. The van der Waals surface area contributed by atoms with Crippen molar-refractivity contribution in [3.05, 3.63) is 96.8 Å². The molecule has 0 aliphatic carbocycles. The molecule has 0 aliphatic rings. The molecule has 0 spiro atoms. The van der Waals surface area contributed by atoms with E-state index in [1.54, 1.807) is 0 Å². The van der Waals surface area contributed by atoms with E-state index in [9.17, 15) is 0 Å². The van der Waals surface area contributed by atoms with Crippen molar-refractivity contribution in [3.8, 4) is 27.9 Å². The lowest BCUT2D eigenvalue weighted by atomic mass is 9.42. The van der Waals surface area contributed by atoms with Crippen LogP contribution < -0.4 is 43.7 Å². The molecule has 0 unspecified atom stereocenters. The van der Waals surface area contributed by atoms with Crippen molar-refractivity contribution < 1.29 is 0 Å². The zero-order valence-corrected chi connectivity index (χ0v) is 32.1. The SMILES string of the molecule is Bc1c(B)c(B)c2c(-c3ccc4ccccc4c3)c3c(B)c(B)c(B)c(B)c3c(-c3ccc(-n4c(C(B)(B)B)nc5ccccc54)cc3)c2c1B. The molecule has 2 nitrogen and oxygen atoms in total. The second kappa shape index (κ2) is 12.0.